The number of aromatic nitrogens is 2. The summed E-state index contributed by atoms with van der Waals surface area (Å²) in [6, 6.07) is 15.1. The molecule has 2 amide bonds. The summed E-state index contributed by atoms with van der Waals surface area (Å²) in [5, 5.41) is 18.0. The van der Waals surface area contributed by atoms with Crippen molar-refractivity contribution in [2.45, 2.75) is 13.8 Å². The minimum Gasteiger partial charge on any atom is -0.339 e. The van der Waals surface area contributed by atoms with Crippen molar-refractivity contribution in [3.63, 3.8) is 0 Å². The van der Waals surface area contributed by atoms with E-state index in [4.69, 9.17) is 0 Å². The van der Waals surface area contributed by atoms with Gasteiger partial charge >= 0.3 is 0 Å². The molecule has 32 heavy (non-hydrogen) atoms. The molecule has 164 valence electrons. The number of nitro groups is 1. The summed E-state index contributed by atoms with van der Waals surface area (Å²) in [6.45, 7) is 4.80. The monoisotopic (exact) mass is 433 g/mol. The molecule has 0 spiro atoms. The lowest BCUT2D eigenvalue weighted by molar-refractivity contribution is -0.384. The number of non-ortho nitro benzene ring substituents is 1. The second-order valence-electron chi connectivity index (χ2n) is 6.81. The van der Waals surface area contributed by atoms with Gasteiger partial charge in [0.2, 0.25) is 5.91 Å². The number of nitro benzene ring substituents is 1. The Hall–Kier alpha value is -4.27. The number of para-hydroxylation sites is 1. The summed E-state index contributed by atoms with van der Waals surface area (Å²) in [6.07, 6.45) is 4.16. The Morgan fingerprint density at radius 3 is 2.50 bits per heavy atom. The van der Waals surface area contributed by atoms with E-state index in [1.807, 2.05) is 44.2 Å². The van der Waals surface area contributed by atoms with Gasteiger partial charge in [-0.3, -0.25) is 19.7 Å². The predicted molar refractivity (Wildman–Crippen MR) is 122 cm³/mol. The van der Waals surface area contributed by atoms with Gasteiger partial charge in [-0.2, -0.15) is 5.10 Å². The van der Waals surface area contributed by atoms with Gasteiger partial charge in [-0.1, -0.05) is 30.3 Å². The Bertz CT molecular complexity index is 1150. The fraction of sp³-hybridized carbons (Fsp3) is 0.174. The molecule has 2 aromatic carbocycles. The molecule has 0 saturated heterocycles. The fourth-order valence-electron chi connectivity index (χ4n) is 3.14. The lowest BCUT2D eigenvalue weighted by atomic mass is 10.2. The quantitative estimate of drug-likeness (QED) is 0.329. The molecule has 3 aromatic rings. The maximum Gasteiger partial charge on any atom is 0.270 e. The van der Waals surface area contributed by atoms with Crippen LogP contribution in [0.1, 0.15) is 29.8 Å². The molecule has 0 aliphatic rings. The third-order valence-electron chi connectivity index (χ3n) is 4.80. The predicted octanol–water partition coefficient (Wildman–Crippen LogP) is 3.91. The van der Waals surface area contributed by atoms with Gasteiger partial charge < -0.3 is 10.2 Å². The molecule has 1 N–H and O–H groups in total. The number of nitrogens with zero attached hydrogens (tertiary/aromatic N) is 4. The lowest BCUT2D eigenvalue weighted by Crippen LogP contribution is -2.31. The summed E-state index contributed by atoms with van der Waals surface area (Å²) in [7, 11) is 0. The minimum absolute atomic E-state index is 0.0678. The van der Waals surface area contributed by atoms with E-state index < -0.39 is 10.8 Å². The van der Waals surface area contributed by atoms with Crippen molar-refractivity contribution in [2.75, 3.05) is 18.4 Å². The molecule has 0 atom stereocenters. The van der Waals surface area contributed by atoms with E-state index in [-0.39, 0.29) is 23.0 Å². The Labute approximate surface area is 185 Å². The second kappa shape index (κ2) is 10.2. The Balaban J connectivity index is 1.92. The van der Waals surface area contributed by atoms with Gasteiger partial charge in [-0.15, -0.1) is 0 Å². The van der Waals surface area contributed by atoms with Crippen LogP contribution in [-0.2, 0) is 4.79 Å². The van der Waals surface area contributed by atoms with Gasteiger partial charge in [0.1, 0.15) is 11.4 Å². The molecule has 1 aromatic heterocycles. The molecule has 0 aliphatic heterocycles. The molecule has 0 saturated carbocycles. The maximum atomic E-state index is 13.0. The van der Waals surface area contributed by atoms with Crippen LogP contribution in [0.3, 0.4) is 0 Å². The molecule has 0 aliphatic carbocycles. The van der Waals surface area contributed by atoms with Crippen LogP contribution >= 0.6 is 0 Å². The summed E-state index contributed by atoms with van der Waals surface area (Å²) in [4.78, 5) is 37.7. The standard InChI is InChI=1S/C23H23N5O4/c1-3-26(4-2)23(30)20-16-24-27(18-10-6-5-7-11-18)22(20)25-21(29)14-13-17-9-8-12-19(15-17)28(31)32/h5-16H,3-4H2,1-2H3,(H,25,29)/b14-13+. The average molecular weight is 433 g/mol. The Kier molecular flexibility index (Phi) is 7.12. The maximum absolute atomic E-state index is 13.0. The van der Waals surface area contributed by atoms with Gasteiger partial charge in [0.25, 0.3) is 11.6 Å². The van der Waals surface area contributed by atoms with Crippen LogP contribution in [0.25, 0.3) is 11.8 Å². The molecular weight excluding hydrogens is 410 g/mol. The first-order valence-corrected chi connectivity index (χ1v) is 10.1. The molecule has 9 nitrogen and oxygen atoms in total. The summed E-state index contributed by atoms with van der Waals surface area (Å²) in [5.41, 5.74) is 1.39. The number of hydrogen-bond donors (Lipinski definition) is 1. The largest absolute Gasteiger partial charge is 0.339 e. The summed E-state index contributed by atoms with van der Waals surface area (Å²) < 4.78 is 1.50. The highest BCUT2D eigenvalue weighted by Gasteiger charge is 2.23. The summed E-state index contributed by atoms with van der Waals surface area (Å²) >= 11 is 0. The Morgan fingerprint density at radius 2 is 1.84 bits per heavy atom. The van der Waals surface area contributed by atoms with E-state index in [9.17, 15) is 19.7 Å². The zero-order chi connectivity index (χ0) is 23.1. The zero-order valence-electron chi connectivity index (χ0n) is 17.8. The number of carbonyl (C=O) groups excluding carboxylic acids is 2. The van der Waals surface area contributed by atoms with Crippen molar-refractivity contribution in [1.29, 1.82) is 0 Å². The third kappa shape index (κ3) is 5.07. The number of anilines is 1. The van der Waals surface area contributed by atoms with Gasteiger partial charge in [0.15, 0.2) is 0 Å². The summed E-state index contributed by atoms with van der Waals surface area (Å²) in [5.74, 6) is -0.486. The van der Waals surface area contributed by atoms with E-state index in [1.165, 1.54) is 35.2 Å². The van der Waals surface area contributed by atoms with Crippen LogP contribution in [0.4, 0.5) is 11.5 Å². The highest BCUT2D eigenvalue weighted by molar-refractivity contribution is 6.07. The number of carbonyl (C=O) groups is 2. The zero-order valence-corrected chi connectivity index (χ0v) is 17.8. The van der Waals surface area contributed by atoms with Crippen molar-refractivity contribution < 1.29 is 14.5 Å². The molecule has 0 fully saturated rings. The van der Waals surface area contributed by atoms with Crippen LogP contribution in [0, 0.1) is 10.1 Å². The van der Waals surface area contributed by atoms with Crippen molar-refractivity contribution in [3.8, 4) is 5.69 Å². The number of benzene rings is 2. The second-order valence-corrected chi connectivity index (χ2v) is 6.81. The van der Waals surface area contributed by atoms with Crippen LogP contribution in [-0.4, -0.2) is 44.5 Å². The first-order valence-electron chi connectivity index (χ1n) is 10.1. The molecule has 9 heteroatoms. The van der Waals surface area contributed by atoms with Crippen LogP contribution in [0.5, 0.6) is 0 Å². The van der Waals surface area contributed by atoms with Crippen LogP contribution in [0.2, 0.25) is 0 Å². The number of amides is 2. The van der Waals surface area contributed by atoms with Crippen LogP contribution in [0.15, 0.2) is 66.9 Å². The first-order chi connectivity index (χ1) is 15.4. The van der Waals surface area contributed by atoms with Crippen molar-refractivity contribution in [2.24, 2.45) is 0 Å². The number of nitrogens with one attached hydrogen (secondary N) is 1. The minimum atomic E-state index is -0.499. The van der Waals surface area contributed by atoms with Gasteiger partial charge in [-0.05, 0) is 37.6 Å². The topological polar surface area (TPSA) is 110 Å². The number of rotatable bonds is 8. The molecular formula is C23H23N5O4. The molecule has 1 heterocycles. The van der Waals surface area contributed by atoms with E-state index in [0.29, 0.717) is 24.3 Å². The molecule has 0 bridgehead atoms. The lowest BCUT2D eigenvalue weighted by Gasteiger charge is -2.19. The SMILES string of the molecule is CCN(CC)C(=O)c1cnn(-c2ccccc2)c1NC(=O)/C=C/c1cccc([N+](=O)[O-])c1. The highest BCUT2D eigenvalue weighted by atomic mass is 16.6. The van der Waals surface area contributed by atoms with Gasteiger partial charge in [0, 0.05) is 31.3 Å². The van der Waals surface area contributed by atoms with E-state index >= 15 is 0 Å². The highest BCUT2D eigenvalue weighted by Crippen LogP contribution is 2.22. The van der Waals surface area contributed by atoms with Crippen molar-refractivity contribution in [3.05, 3.63) is 88.1 Å². The van der Waals surface area contributed by atoms with E-state index in [2.05, 4.69) is 10.4 Å². The Morgan fingerprint density at radius 1 is 1.12 bits per heavy atom. The molecule has 3 rings (SSSR count). The molecule has 0 unspecified atom stereocenters. The first kappa shape index (κ1) is 22.4. The normalized spacial score (nSPS) is 10.8. The fourth-order valence-corrected chi connectivity index (χ4v) is 3.14. The van der Waals surface area contributed by atoms with E-state index in [0.717, 1.165) is 0 Å². The average Bonchev–Trinajstić information content (AvgIpc) is 3.22. The third-order valence-corrected chi connectivity index (χ3v) is 4.80. The van der Waals surface area contributed by atoms with E-state index in [1.54, 1.807) is 17.0 Å². The van der Waals surface area contributed by atoms with Crippen molar-refractivity contribution >= 4 is 29.4 Å². The van der Waals surface area contributed by atoms with Gasteiger partial charge in [0.05, 0.1) is 16.8 Å². The van der Waals surface area contributed by atoms with Crippen molar-refractivity contribution in [1.82, 2.24) is 14.7 Å². The number of hydrogen-bond acceptors (Lipinski definition) is 5. The van der Waals surface area contributed by atoms with Crippen LogP contribution < -0.4 is 5.32 Å². The van der Waals surface area contributed by atoms with Gasteiger partial charge in [-0.25, -0.2) is 4.68 Å². The molecule has 0 radical (unpaired) electrons. The smallest absolute Gasteiger partial charge is 0.270 e.